The first-order chi connectivity index (χ1) is 8.47. The van der Waals surface area contributed by atoms with Crippen LogP contribution in [0.25, 0.3) is 0 Å². The van der Waals surface area contributed by atoms with Gasteiger partial charge in [-0.3, -0.25) is 4.79 Å². The standard InChI is InChI=1S/C14H18O4/c1-9-7-12(16)10(8-11(9)15)14(13(17)18)5-3-2-4-6-14/h7-8,15-16H,2-6H2,1H3,(H,17,18). The van der Waals surface area contributed by atoms with E-state index < -0.39 is 11.4 Å². The first-order valence-electron chi connectivity index (χ1n) is 6.24. The molecule has 3 N–H and O–H groups in total. The molecule has 0 bridgehead atoms. The number of carboxylic acids is 1. The van der Waals surface area contributed by atoms with Crippen molar-refractivity contribution < 1.29 is 20.1 Å². The smallest absolute Gasteiger partial charge is 0.314 e. The molecule has 1 saturated carbocycles. The zero-order valence-corrected chi connectivity index (χ0v) is 10.4. The van der Waals surface area contributed by atoms with Gasteiger partial charge in [-0.25, -0.2) is 0 Å². The van der Waals surface area contributed by atoms with Gasteiger partial charge in [0.15, 0.2) is 0 Å². The van der Waals surface area contributed by atoms with Crippen LogP contribution in [0, 0.1) is 6.92 Å². The van der Waals surface area contributed by atoms with E-state index in [2.05, 4.69) is 0 Å². The molecule has 0 radical (unpaired) electrons. The first kappa shape index (κ1) is 12.7. The molecule has 1 aromatic carbocycles. The van der Waals surface area contributed by atoms with Gasteiger partial charge in [-0.1, -0.05) is 19.3 Å². The number of hydrogen-bond donors (Lipinski definition) is 3. The number of phenols is 2. The Morgan fingerprint density at radius 3 is 2.28 bits per heavy atom. The number of rotatable bonds is 2. The average molecular weight is 250 g/mol. The van der Waals surface area contributed by atoms with Gasteiger partial charge in [0, 0.05) is 5.56 Å². The largest absolute Gasteiger partial charge is 0.508 e. The van der Waals surface area contributed by atoms with Crippen molar-refractivity contribution in [3.63, 3.8) is 0 Å². The van der Waals surface area contributed by atoms with Crippen molar-refractivity contribution >= 4 is 5.97 Å². The van der Waals surface area contributed by atoms with Crippen LogP contribution >= 0.6 is 0 Å². The van der Waals surface area contributed by atoms with Gasteiger partial charge in [0.2, 0.25) is 0 Å². The highest BCUT2D eigenvalue weighted by atomic mass is 16.4. The molecule has 0 unspecified atom stereocenters. The zero-order valence-electron chi connectivity index (χ0n) is 10.4. The fraction of sp³-hybridized carbons (Fsp3) is 0.500. The highest BCUT2D eigenvalue weighted by Crippen LogP contribution is 2.45. The quantitative estimate of drug-likeness (QED) is 0.705. The average Bonchev–Trinajstić information content (AvgIpc) is 2.34. The summed E-state index contributed by atoms with van der Waals surface area (Å²) in [5.74, 6) is -0.913. The molecule has 0 amide bonds. The molecule has 0 heterocycles. The van der Waals surface area contributed by atoms with E-state index in [-0.39, 0.29) is 11.5 Å². The minimum Gasteiger partial charge on any atom is -0.508 e. The molecule has 1 fully saturated rings. The lowest BCUT2D eigenvalue weighted by Gasteiger charge is -2.34. The minimum atomic E-state index is -1.05. The van der Waals surface area contributed by atoms with Crippen LogP contribution in [0.15, 0.2) is 12.1 Å². The SMILES string of the molecule is Cc1cc(O)c(C2(C(=O)O)CCCCC2)cc1O. The molecule has 98 valence electrons. The van der Waals surface area contributed by atoms with Crippen molar-refractivity contribution in [2.24, 2.45) is 0 Å². The molecular weight excluding hydrogens is 232 g/mol. The maximum Gasteiger partial charge on any atom is 0.314 e. The van der Waals surface area contributed by atoms with Gasteiger partial charge in [0.05, 0.1) is 5.41 Å². The number of aliphatic carboxylic acids is 1. The molecule has 0 atom stereocenters. The van der Waals surface area contributed by atoms with E-state index in [1.165, 1.54) is 12.1 Å². The van der Waals surface area contributed by atoms with E-state index in [9.17, 15) is 20.1 Å². The number of phenolic OH excluding ortho intramolecular Hbond substituents is 2. The fourth-order valence-corrected chi connectivity index (χ4v) is 2.82. The second-order valence-corrected chi connectivity index (χ2v) is 5.10. The fourth-order valence-electron chi connectivity index (χ4n) is 2.82. The Kier molecular flexibility index (Phi) is 3.20. The Balaban J connectivity index is 2.55. The van der Waals surface area contributed by atoms with Crippen LogP contribution in [-0.2, 0) is 10.2 Å². The Bertz CT molecular complexity index is 473. The van der Waals surface area contributed by atoms with E-state index in [0.29, 0.717) is 24.0 Å². The summed E-state index contributed by atoms with van der Waals surface area (Å²) in [6.07, 6.45) is 3.71. The molecule has 1 aliphatic carbocycles. The van der Waals surface area contributed by atoms with Crippen LogP contribution in [0.4, 0.5) is 0 Å². The van der Waals surface area contributed by atoms with Crippen LogP contribution in [0.1, 0.15) is 43.2 Å². The molecule has 2 rings (SSSR count). The maximum absolute atomic E-state index is 11.6. The van der Waals surface area contributed by atoms with Gasteiger partial charge in [0.25, 0.3) is 0 Å². The Labute approximate surface area is 106 Å². The summed E-state index contributed by atoms with van der Waals surface area (Å²) in [5, 5.41) is 29.3. The number of aromatic hydroxyl groups is 2. The van der Waals surface area contributed by atoms with E-state index in [1.807, 2.05) is 0 Å². The molecule has 0 saturated heterocycles. The molecule has 0 aromatic heterocycles. The van der Waals surface area contributed by atoms with Crippen LogP contribution in [0.5, 0.6) is 11.5 Å². The van der Waals surface area contributed by atoms with Crippen molar-refractivity contribution in [3.8, 4) is 11.5 Å². The van der Waals surface area contributed by atoms with Crippen LogP contribution < -0.4 is 0 Å². The number of carboxylic acid groups (broad SMARTS) is 1. The monoisotopic (exact) mass is 250 g/mol. The lowest BCUT2D eigenvalue weighted by Crippen LogP contribution is -2.37. The summed E-state index contributed by atoms with van der Waals surface area (Å²) in [6, 6.07) is 2.84. The number of benzene rings is 1. The third kappa shape index (κ3) is 1.92. The maximum atomic E-state index is 11.6. The second kappa shape index (κ2) is 4.52. The lowest BCUT2D eigenvalue weighted by molar-refractivity contribution is -0.145. The summed E-state index contributed by atoms with van der Waals surface area (Å²) in [7, 11) is 0. The molecule has 0 aliphatic heterocycles. The molecular formula is C14H18O4. The lowest BCUT2D eigenvalue weighted by atomic mass is 9.69. The summed E-state index contributed by atoms with van der Waals surface area (Å²) in [4.78, 5) is 11.6. The van der Waals surface area contributed by atoms with E-state index in [1.54, 1.807) is 6.92 Å². The Morgan fingerprint density at radius 2 is 1.72 bits per heavy atom. The van der Waals surface area contributed by atoms with Gasteiger partial charge < -0.3 is 15.3 Å². The van der Waals surface area contributed by atoms with Gasteiger partial charge in [-0.05, 0) is 37.5 Å². The molecule has 4 nitrogen and oxygen atoms in total. The Morgan fingerprint density at radius 1 is 1.11 bits per heavy atom. The van der Waals surface area contributed by atoms with Gasteiger partial charge >= 0.3 is 5.97 Å². The summed E-state index contributed by atoms with van der Waals surface area (Å²) < 4.78 is 0. The van der Waals surface area contributed by atoms with Gasteiger partial charge in [0.1, 0.15) is 11.5 Å². The number of aryl methyl sites for hydroxylation is 1. The van der Waals surface area contributed by atoms with E-state index >= 15 is 0 Å². The van der Waals surface area contributed by atoms with Gasteiger partial charge in [-0.15, -0.1) is 0 Å². The molecule has 1 aliphatic rings. The zero-order chi connectivity index (χ0) is 13.3. The van der Waals surface area contributed by atoms with Crippen LogP contribution in [0.2, 0.25) is 0 Å². The second-order valence-electron chi connectivity index (χ2n) is 5.10. The highest BCUT2D eigenvalue weighted by molar-refractivity contribution is 5.83. The Hall–Kier alpha value is -1.71. The van der Waals surface area contributed by atoms with Crippen molar-refractivity contribution in [3.05, 3.63) is 23.3 Å². The normalized spacial score (nSPS) is 18.5. The van der Waals surface area contributed by atoms with Crippen LogP contribution in [-0.4, -0.2) is 21.3 Å². The van der Waals surface area contributed by atoms with E-state index in [0.717, 1.165) is 19.3 Å². The van der Waals surface area contributed by atoms with Crippen molar-refractivity contribution in [1.82, 2.24) is 0 Å². The highest BCUT2D eigenvalue weighted by Gasteiger charge is 2.43. The molecule has 18 heavy (non-hydrogen) atoms. The number of carbonyl (C=O) groups is 1. The third-order valence-electron chi connectivity index (χ3n) is 3.95. The first-order valence-corrected chi connectivity index (χ1v) is 6.24. The molecule has 0 spiro atoms. The predicted molar refractivity (Wildman–Crippen MR) is 66.9 cm³/mol. The van der Waals surface area contributed by atoms with Crippen LogP contribution in [0.3, 0.4) is 0 Å². The van der Waals surface area contributed by atoms with Crippen molar-refractivity contribution in [1.29, 1.82) is 0 Å². The van der Waals surface area contributed by atoms with Crippen molar-refractivity contribution in [2.45, 2.75) is 44.4 Å². The molecule has 1 aromatic rings. The summed E-state index contributed by atoms with van der Waals surface area (Å²) >= 11 is 0. The van der Waals surface area contributed by atoms with Gasteiger partial charge in [-0.2, -0.15) is 0 Å². The third-order valence-corrected chi connectivity index (χ3v) is 3.95. The van der Waals surface area contributed by atoms with Crippen molar-refractivity contribution in [2.75, 3.05) is 0 Å². The summed E-state index contributed by atoms with van der Waals surface area (Å²) in [5.41, 5.74) is -0.154. The summed E-state index contributed by atoms with van der Waals surface area (Å²) in [6.45, 7) is 1.67. The molecule has 4 heteroatoms. The number of hydrogen-bond acceptors (Lipinski definition) is 3. The van der Waals surface area contributed by atoms with E-state index in [4.69, 9.17) is 0 Å². The topological polar surface area (TPSA) is 77.8 Å². The minimum absolute atomic E-state index is 0.0328. The predicted octanol–water partition coefficient (Wildman–Crippen LogP) is 2.69.